The molecule has 22 heavy (non-hydrogen) atoms. The molecule has 0 aliphatic rings. The Balaban J connectivity index is 3.54. The van der Waals surface area contributed by atoms with E-state index in [2.05, 4.69) is 0 Å². The van der Waals surface area contributed by atoms with Crippen molar-refractivity contribution in [2.24, 2.45) is 0 Å². The highest BCUT2D eigenvalue weighted by atomic mass is 35.5. The maximum atomic E-state index is 11.8. The van der Waals surface area contributed by atoms with Crippen molar-refractivity contribution in [1.82, 2.24) is 4.90 Å². The third-order valence-electron chi connectivity index (χ3n) is 3.21. The summed E-state index contributed by atoms with van der Waals surface area (Å²) in [4.78, 5) is 24.8. The minimum absolute atomic E-state index is 0.109. The highest BCUT2D eigenvalue weighted by molar-refractivity contribution is 6.31. The summed E-state index contributed by atoms with van der Waals surface area (Å²) in [5.41, 5.74) is 1.58. The number of allylic oxidation sites excluding steroid dienone is 2. The molecule has 0 spiro atoms. The zero-order valence-corrected chi connectivity index (χ0v) is 14.0. The van der Waals surface area contributed by atoms with E-state index in [1.165, 1.54) is 20.1 Å². The number of benzene rings is 1. The van der Waals surface area contributed by atoms with Crippen LogP contribution in [0, 0.1) is 0 Å². The van der Waals surface area contributed by atoms with Crippen molar-refractivity contribution < 1.29 is 14.3 Å². The van der Waals surface area contributed by atoms with Crippen molar-refractivity contribution in [3.8, 4) is 0 Å². The number of hydrogen-bond donors (Lipinski definition) is 0. The van der Waals surface area contributed by atoms with Gasteiger partial charge in [-0.15, -0.1) is 0 Å². The number of ketones is 1. The normalized spacial score (nSPS) is 12.0. The Morgan fingerprint density at radius 1 is 1.36 bits per heavy atom. The van der Waals surface area contributed by atoms with Gasteiger partial charge in [0.15, 0.2) is 5.78 Å². The standard InChI is InChI=1S/C17H20ClNO3/c1-5-19(3)11-17(22-4)15(8-9-20)16-10-13(18)6-7-14(16)12(2)21/h6-11H,5H2,1-4H3/b15-8-,17-11+. The second kappa shape index (κ2) is 8.39. The molecule has 0 bridgehead atoms. The van der Waals surface area contributed by atoms with Crippen LogP contribution < -0.4 is 0 Å². The maximum absolute atomic E-state index is 11.8. The molecule has 1 aromatic rings. The van der Waals surface area contributed by atoms with Crippen molar-refractivity contribution in [3.05, 3.63) is 52.4 Å². The molecule has 0 aliphatic carbocycles. The molecular weight excluding hydrogens is 302 g/mol. The SMILES string of the molecule is CCN(C)/C=C(OC)\C(=C/C=O)c1cc(Cl)ccc1C(C)=O. The van der Waals surface area contributed by atoms with E-state index in [0.29, 0.717) is 33.8 Å². The van der Waals surface area contributed by atoms with Crippen LogP contribution in [-0.2, 0) is 9.53 Å². The van der Waals surface area contributed by atoms with E-state index < -0.39 is 0 Å². The Kier molecular flexibility index (Phi) is 6.86. The van der Waals surface area contributed by atoms with E-state index in [9.17, 15) is 9.59 Å². The van der Waals surface area contributed by atoms with Gasteiger partial charge in [0, 0.05) is 36.0 Å². The van der Waals surface area contributed by atoms with Crippen molar-refractivity contribution in [2.75, 3.05) is 20.7 Å². The van der Waals surface area contributed by atoms with Crippen LogP contribution in [-0.4, -0.2) is 37.7 Å². The Labute approximate surface area is 136 Å². The third kappa shape index (κ3) is 4.46. The number of hydrogen-bond acceptors (Lipinski definition) is 4. The Bertz CT molecular complexity index is 620. The highest BCUT2D eigenvalue weighted by Gasteiger charge is 2.16. The van der Waals surface area contributed by atoms with Gasteiger partial charge in [0.2, 0.25) is 0 Å². The largest absolute Gasteiger partial charge is 0.495 e. The number of methoxy groups -OCH3 is 1. The number of rotatable bonds is 7. The molecular formula is C17H20ClNO3. The number of aldehydes is 1. The predicted octanol–water partition coefficient (Wildman–Crippen LogP) is 3.56. The summed E-state index contributed by atoms with van der Waals surface area (Å²) in [6, 6.07) is 4.95. The zero-order valence-electron chi connectivity index (χ0n) is 13.2. The first-order valence-corrected chi connectivity index (χ1v) is 7.25. The lowest BCUT2D eigenvalue weighted by molar-refractivity contribution is -0.104. The number of ether oxygens (including phenoxy) is 1. The van der Waals surface area contributed by atoms with Crippen LogP contribution in [0.15, 0.2) is 36.2 Å². The van der Waals surface area contributed by atoms with Gasteiger partial charge < -0.3 is 9.64 Å². The molecule has 0 unspecified atom stereocenters. The lowest BCUT2D eigenvalue weighted by Crippen LogP contribution is -2.12. The van der Waals surface area contributed by atoms with Crippen LogP contribution in [0.5, 0.6) is 0 Å². The molecule has 0 fully saturated rings. The molecule has 1 rings (SSSR count). The Morgan fingerprint density at radius 3 is 2.55 bits per heavy atom. The summed E-state index contributed by atoms with van der Waals surface area (Å²) >= 11 is 6.05. The minimum Gasteiger partial charge on any atom is -0.495 e. The quantitative estimate of drug-likeness (QED) is 0.253. The number of carbonyl (C=O) groups is 2. The van der Waals surface area contributed by atoms with Crippen LogP contribution in [0.2, 0.25) is 5.02 Å². The maximum Gasteiger partial charge on any atom is 0.160 e. The first-order chi connectivity index (χ1) is 10.4. The van der Waals surface area contributed by atoms with Crippen molar-refractivity contribution in [3.63, 3.8) is 0 Å². The van der Waals surface area contributed by atoms with Gasteiger partial charge in [-0.1, -0.05) is 11.6 Å². The molecule has 0 aromatic heterocycles. The molecule has 0 aliphatic heterocycles. The van der Waals surface area contributed by atoms with E-state index in [-0.39, 0.29) is 5.78 Å². The van der Waals surface area contributed by atoms with Crippen molar-refractivity contribution in [1.29, 1.82) is 0 Å². The fourth-order valence-electron chi connectivity index (χ4n) is 1.94. The van der Waals surface area contributed by atoms with Gasteiger partial charge in [-0.25, -0.2) is 0 Å². The summed E-state index contributed by atoms with van der Waals surface area (Å²) in [7, 11) is 3.41. The fourth-order valence-corrected chi connectivity index (χ4v) is 2.11. The number of nitrogens with zero attached hydrogens (tertiary/aromatic N) is 1. The lowest BCUT2D eigenvalue weighted by Gasteiger charge is -2.18. The minimum atomic E-state index is -0.109. The monoisotopic (exact) mass is 321 g/mol. The van der Waals surface area contributed by atoms with E-state index in [4.69, 9.17) is 16.3 Å². The topological polar surface area (TPSA) is 46.6 Å². The van der Waals surface area contributed by atoms with Gasteiger partial charge in [0.1, 0.15) is 12.0 Å². The van der Waals surface area contributed by atoms with Crippen molar-refractivity contribution in [2.45, 2.75) is 13.8 Å². The average molecular weight is 322 g/mol. The molecule has 0 radical (unpaired) electrons. The van der Waals surface area contributed by atoms with Gasteiger partial charge in [-0.3, -0.25) is 9.59 Å². The summed E-state index contributed by atoms with van der Waals surface area (Å²) in [6.45, 7) is 4.24. The molecule has 118 valence electrons. The van der Waals surface area contributed by atoms with Gasteiger partial charge in [-0.2, -0.15) is 0 Å². The van der Waals surface area contributed by atoms with Crippen molar-refractivity contribution >= 4 is 29.2 Å². The fraction of sp³-hybridized carbons (Fsp3) is 0.294. The van der Waals surface area contributed by atoms with E-state index in [0.717, 1.165) is 6.54 Å². The summed E-state index contributed by atoms with van der Waals surface area (Å²) in [5, 5.41) is 0.482. The number of halogens is 1. The summed E-state index contributed by atoms with van der Waals surface area (Å²) in [5.74, 6) is 0.379. The van der Waals surface area contributed by atoms with E-state index in [1.54, 1.807) is 24.4 Å². The molecule has 0 heterocycles. The number of Topliss-reactive ketones (excluding diaryl/α,β-unsaturated/α-hetero) is 1. The molecule has 0 atom stereocenters. The molecule has 0 saturated carbocycles. The molecule has 0 saturated heterocycles. The number of carbonyl (C=O) groups excluding carboxylic acids is 2. The first kappa shape index (κ1) is 18.0. The molecule has 1 aromatic carbocycles. The average Bonchev–Trinajstić information content (AvgIpc) is 2.49. The molecule has 0 N–H and O–H groups in total. The smallest absolute Gasteiger partial charge is 0.160 e. The van der Waals surface area contributed by atoms with Gasteiger partial charge in [0.25, 0.3) is 0 Å². The van der Waals surface area contributed by atoms with Gasteiger partial charge in [0.05, 0.1) is 7.11 Å². The van der Waals surface area contributed by atoms with Crippen LogP contribution in [0.1, 0.15) is 29.8 Å². The summed E-state index contributed by atoms with van der Waals surface area (Å²) in [6.07, 6.45) is 3.82. The predicted molar refractivity (Wildman–Crippen MR) is 88.9 cm³/mol. The molecule has 4 nitrogen and oxygen atoms in total. The summed E-state index contributed by atoms with van der Waals surface area (Å²) < 4.78 is 5.40. The van der Waals surface area contributed by atoms with Crippen LogP contribution in [0.4, 0.5) is 0 Å². The Morgan fingerprint density at radius 2 is 2.05 bits per heavy atom. The second-order valence-electron chi connectivity index (χ2n) is 4.73. The Hall–Kier alpha value is -2.07. The van der Waals surface area contributed by atoms with Crippen LogP contribution in [0.25, 0.3) is 5.57 Å². The second-order valence-corrected chi connectivity index (χ2v) is 5.17. The molecule has 0 amide bonds. The van der Waals surface area contributed by atoms with Gasteiger partial charge in [-0.05, 0) is 43.7 Å². The zero-order chi connectivity index (χ0) is 16.7. The van der Waals surface area contributed by atoms with Crippen LogP contribution in [0.3, 0.4) is 0 Å². The first-order valence-electron chi connectivity index (χ1n) is 6.87. The highest BCUT2D eigenvalue weighted by Crippen LogP contribution is 2.29. The lowest BCUT2D eigenvalue weighted by atomic mass is 9.96. The van der Waals surface area contributed by atoms with E-state index >= 15 is 0 Å². The molecule has 5 heteroatoms. The van der Waals surface area contributed by atoms with Gasteiger partial charge >= 0.3 is 0 Å². The van der Waals surface area contributed by atoms with Crippen LogP contribution >= 0.6 is 11.6 Å². The third-order valence-corrected chi connectivity index (χ3v) is 3.44. The van der Waals surface area contributed by atoms with E-state index in [1.807, 2.05) is 18.9 Å².